The van der Waals surface area contributed by atoms with Crippen molar-refractivity contribution in [3.8, 4) is 0 Å². The third kappa shape index (κ3) is 1.46. The molecule has 0 aromatic heterocycles. The van der Waals surface area contributed by atoms with E-state index < -0.39 is 0 Å². The zero-order chi connectivity index (χ0) is 14.1. The molecule has 0 aliphatic heterocycles. The van der Waals surface area contributed by atoms with E-state index >= 15 is 0 Å². The molecule has 0 bridgehead atoms. The van der Waals surface area contributed by atoms with Crippen molar-refractivity contribution in [1.82, 2.24) is 0 Å². The molecule has 0 radical (unpaired) electrons. The summed E-state index contributed by atoms with van der Waals surface area (Å²) in [4.78, 5) is 11.5. The number of carbonyl (C=O) groups excluding carboxylic acids is 1. The van der Waals surface area contributed by atoms with Gasteiger partial charge in [0.15, 0.2) is 0 Å². The van der Waals surface area contributed by atoms with Crippen molar-refractivity contribution < 1.29 is 9.53 Å². The molecule has 0 N–H and O–H groups in total. The average Bonchev–Trinajstić information content (AvgIpc) is 2.66. The van der Waals surface area contributed by atoms with E-state index in [1.165, 1.54) is 19.3 Å². The van der Waals surface area contributed by atoms with Gasteiger partial charge >= 0.3 is 5.97 Å². The Bertz CT molecular complexity index is 439. The summed E-state index contributed by atoms with van der Waals surface area (Å²) >= 11 is 0. The molecule has 0 aromatic rings. The minimum Gasteiger partial charge on any atom is -0.461 e. The highest BCUT2D eigenvalue weighted by molar-refractivity contribution is 5.66. The molecule has 0 saturated heterocycles. The predicted molar refractivity (Wildman–Crippen MR) is 75.5 cm³/mol. The minimum absolute atomic E-state index is 0.0461. The van der Waals surface area contributed by atoms with Crippen LogP contribution in [0.25, 0.3) is 0 Å². The number of esters is 1. The van der Waals surface area contributed by atoms with Crippen LogP contribution in [0.1, 0.15) is 53.4 Å². The van der Waals surface area contributed by atoms with Crippen LogP contribution < -0.4 is 0 Å². The van der Waals surface area contributed by atoms with Gasteiger partial charge in [-0.25, -0.2) is 0 Å². The Labute approximate surface area is 116 Å². The van der Waals surface area contributed by atoms with Crippen molar-refractivity contribution in [2.45, 2.75) is 59.5 Å². The Balaban J connectivity index is 2.01. The Hall–Kier alpha value is -0.790. The van der Waals surface area contributed by atoms with Gasteiger partial charge in [0.05, 0.1) is 0 Å². The van der Waals surface area contributed by atoms with E-state index in [9.17, 15) is 4.79 Å². The van der Waals surface area contributed by atoms with Crippen molar-refractivity contribution in [3.05, 3.63) is 12.7 Å². The van der Waals surface area contributed by atoms with Gasteiger partial charge in [-0.2, -0.15) is 0 Å². The van der Waals surface area contributed by atoms with Crippen LogP contribution in [-0.4, -0.2) is 12.1 Å². The normalized spacial score (nSPS) is 50.0. The smallest absolute Gasteiger partial charge is 0.302 e. The van der Waals surface area contributed by atoms with Crippen molar-refractivity contribution in [2.24, 2.45) is 28.1 Å². The lowest BCUT2D eigenvalue weighted by Crippen LogP contribution is -2.53. The van der Waals surface area contributed by atoms with E-state index in [4.69, 9.17) is 4.74 Å². The fourth-order valence-corrected chi connectivity index (χ4v) is 5.64. The molecule has 3 saturated carbocycles. The van der Waals surface area contributed by atoms with Crippen molar-refractivity contribution in [2.75, 3.05) is 0 Å². The highest BCUT2D eigenvalue weighted by atomic mass is 16.5. The van der Waals surface area contributed by atoms with E-state index in [0.29, 0.717) is 22.7 Å². The molecule has 0 aromatic carbocycles. The van der Waals surface area contributed by atoms with Gasteiger partial charge in [-0.1, -0.05) is 26.8 Å². The van der Waals surface area contributed by atoms with Gasteiger partial charge in [0.1, 0.15) is 6.10 Å². The molecular formula is C17H26O2. The first-order chi connectivity index (χ1) is 8.76. The summed E-state index contributed by atoms with van der Waals surface area (Å²) in [7, 11) is 0. The third-order valence-electron chi connectivity index (χ3n) is 6.57. The standard InChI is InChI=1S/C17H26O2/c1-6-17-8-7-16(17,5)13-10-15(3,4)9-12(13)14(17)19-11(2)18/h6,12-14H,1,7-10H2,2-5H3/t12-,13+,14?,16-,17+/m1/s1. The van der Waals surface area contributed by atoms with Crippen LogP contribution in [0, 0.1) is 28.1 Å². The van der Waals surface area contributed by atoms with Gasteiger partial charge in [0, 0.05) is 18.3 Å². The Kier molecular flexibility index (Phi) is 2.54. The van der Waals surface area contributed by atoms with Crippen molar-refractivity contribution in [1.29, 1.82) is 0 Å². The number of hydrogen-bond donors (Lipinski definition) is 0. The second kappa shape index (κ2) is 3.65. The quantitative estimate of drug-likeness (QED) is 0.556. The number of hydrogen-bond acceptors (Lipinski definition) is 2. The molecule has 106 valence electrons. The van der Waals surface area contributed by atoms with E-state index in [0.717, 1.165) is 6.42 Å². The SMILES string of the molecule is C=C[C@@]12CC[C@]1(C)[C@H]1CC(C)(C)C[C@H]1C2OC(C)=O. The molecular weight excluding hydrogens is 236 g/mol. The van der Waals surface area contributed by atoms with Gasteiger partial charge in [-0.15, -0.1) is 6.58 Å². The number of rotatable bonds is 2. The second-order valence-electron chi connectivity index (χ2n) is 8.03. The Morgan fingerprint density at radius 2 is 1.95 bits per heavy atom. The molecule has 2 nitrogen and oxygen atoms in total. The molecule has 0 spiro atoms. The Morgan fingerprint density at radius 3 is 2.42 bits per heavy atom. The maximum Gasteiger partial charge on any atom is 0.302 e. The van der Waals surface area contributed by atoms with Crippen LogP contribution in [0.5, 0.6) is 0 Å². The fourth-order valence-electron chi connectivity index (χ4n) is 5.64. The van der Waals surface area contributed by atoms with Crippen LogP contribution >= 0.6 is 0 Å². The number of ether oxygens (including phenoxy) is 1. The summed E-state index contributed by atoms with van der Waals surface area (Å²) < 4.78 is 5.80. The molecule has 3 fully saturated rings. The molecule has 0 heterocycles. The molecule has 3 rings (SSSR count). The van der Waals surface area contributed by atoms with Crippen molar-refractivity contribution >= 4 is 5.97 Å². The molecule has 3 aliphatic rings. The molecule has 2 heteroatoms. The maximum absolute atomic E-state index is 11.5. The molecule has 1 unspecified atom stereocenters. The largest absolute Gasteiger partial charge is 0.461 e. The highest BCUT2D eigenvalue weighted by Gasteiger charge is 2.73. The van der Waals surface area contributed by atoms with Gasteiger partial charge in [-0.05, 0) is 42.4 Å². The van der Waals surface area contributed by atoms with Crippen LogP contribution in [0.15, 0.2) is 12.7 Å². The van der Waals surface area contributed by atoms with E-state index in [-0.39, 0.29) is 17.5 Å². The lowest BCUT2D eigenvalue weighted by atomic mass is 9.48. The van der Waals surface area contributed by atoms with Gasteiger partial charge in [0.2, 0.25) is 0 Å². The maximum atomic E-state index is 11.5. The monoisotopic (exact) mass is 262 g/mol. The molecule has 0 amide bonds. The van der Waals surface area contributed by atoms with E-state index in [2.05, 4.69) is 33.4 Å². The van der Waals surface area contributed by atoms with E-state index in [1.807, 2.05) is 0 Å². The number of fused-ring (bicyclic) bond motifs is 3. The van der Waals surface area contributed by atoms with Gasteiger partial charge < -0.3 is 4.74 Å². The summed E-state index contributed by atoms with van der Waals surface area (Å²) in [6.45, 7) is 12.7. The summed E-state index contributed by atoms with van der Waals surface area (Å²) in [6, 6.07) is 0. The fraction of sp³-hybridized carbons (Fsp3) is 0.824. The third-order valence-corrected chi connectivity index (χ3v) is 6.57. The highest BCUT2D eigenvalue weighted by Crippen LogP contribution is 2.76. The predicted octanol–water partition coefficient (Wildman–Crippen LogP) is 3.96. The first-order valence-corrected chi connectivity index (χ1v) is 7.57. The molecule has 5 atom stereocenters. The van der Waals surface area contributed by atoms with Crippen LogP contribution in [0.2, 0.25) is 0 Å². The van der Waals surface area contributed by atoms with Crippen LogP contribution in [0.4, 0.5) is 0 Å². The Morgan fingerprint density at radius 1 is 1.26 bits per heavy atom. The van der Waals surface area contributed by atoms with Crippen LogP contribution in [-0.2, 0) is 9.53 Å². The first-order valence-electron chi connectivity index (χ1n) is 7.57. The lowest BCUT2D eigenvalue weighted by molar-refractivity contribution is -0.163. The first kappa shape index (κ1) is 13.2. The summed E-state index contributed by atoms with van der Waals surface area (Å²) in [5.41, 5.74) is 0.734. The molecule has 19 heavy (non-hydrogen) atoms. The summed E-state index contributed by atoms with van der Waals surface area (Å²) in [5, 5.41) is 0. The topological polar surface area (TPSA) is 26.3 Å². The summed E-state index contributed by atoms with van der Waals surface area (Å²) in [6.07, 6.45) is 7.01. The zero-order valence-corrected chi connectivity index (χ0v) is 12.7. The van der Waals surface area contributed by atoms with Crippen LogP contribution in [0.3, 0.4) is 0 Å². The average molecular weight is 262 g/mol. The lowest BCUT2D eigenvalue weighted by Gasteiger charge is -2.56. The van der Waals surface area contributed by atoms with Gasteiger partial charge in [-0.3, -0.25) is 4.79 Å². The second-order valence-corrected chi connectivity index (χ2v) is 8.03. The molecule has 3 aliphatic carbocycles. The minimum atomic E-state index is -0.133. The summed E-state index contributed by atoms with van der Waals surface area (Å²) in [5.74, 6) is 1.09. The van der Waals surface area contributed by atoms with Gasteiger partial charge in [0.25, 0.3) is 0 Å². The van der Waals surface area contributed by atoms with E-state index in [1.54, 1.807) is 6.92 Å². The zero-order valence-electron chi connectivity index (χ0n) is 12.7. The van der Waals surface area contributed by atoms with Crippen molar-refractivity contribution in [3.63, 3.8) is 0 Å². The number of carbonyl (C=O) groups is 1.